The number of likely N-dealkylation sites (N-methyl/N-ethyl adjacent to an activating group) is 1. The Hall–Kier alpha value is -2.32. The highest BCUT2D eigenvalue weighted by atomic mass is 31.2. The van der Waals surface area contributed by atoms with Gasteiger partial charge in [-0.25, -0.2) is 4.57 Å². The molecule has 0 saturated heterocycles. The Kier molecular flexibility index (Phi) is 46.4. The van der Waals surface area contributed by atoms with E-state index in [1.54, 1.807) is 0 Å². The van der Waals surface area contributed by atoms with E-state index in [-0.39, 0.29) is 25.8 Å². The molecule has 0 bridgehead atoms. The van der Waals surface area contributed by atoms with Gasteiger partial charge in [0.2, 0.25) is 0 Å². The van der Waals surface area contributed by atoms with Crippen LogP contribution in [0.25, 0.3) is 0 Å². The first kappa shape index (κ1) is 62.7. The highest BCUT2D eigenvalue weighted by molar-refractivity contribution is 7.47. The Balaban J connectivity index is 4.23. The molecule has 0 aliphatic carbocycles. The van der Waals surface area contributed by atoms with Gasteiger partial charge in [-0.15, -0.1) is 0 Å². The molecule has 0 aromatic heterocycles. The third kappa shape index (κ3) is 52.5. The molecule has 0 heterocycles. The number of hydrogen-bond acceptors (Lipinski definition) is 6. The number of carbonyl (C=O) groups excluding carboxylic acids is 1. The first-order chi connectivity index (χ1) is 31.6. The van der Waals surface area contributed by atoms with Crippen LogP contribution in [-0.4, -0.2) is 75.6 Å². The lowest BCUT2D eigenvalue weighted by molar-refractivity contribution is -0.870. The molecule has 0 amide bonds. The smallest absolute Gasteiger partial charge is 0.457 e. The molecule has 0 aliphatic heterocycles. The topological polar surface area (TPSA) is 91.3 Å². The maximum atomic E-state index is 12.8. The molecule has 0 saturated carbocycles. The van der Waals surface area contributed by atoms with Crippen LogP contribution < -0.4 is 0 Å². The van der Waals surface area contributed by atoms with Gasteiger partial charge in [0.15, 0.2) is 0 Å². The molecule has 0 fully saturated rings. The summed E-state index contributed by atoms with van der Waals surface area (Å²) < 4.78 is 35.1. The average molecular weight is 931 g/mol. The van der Waals surface area contributed by atoms with Crippen LogP contribution in [0.2, 0.25) is 0 Å². The Morgan fingerprint density at radius 2 is 0.892 bits per heavy atom. The minimum atomic E-state index is -4.30. The van der Waals surface area contributed by atoms with Crippen molar-refractivity contribution >= 4 is 13.8 Å². The van der Waals surface area contributed by atoms with E-state index in [1.807, 2.05) is 21.1 Å². The van der Waals surface area contributed by atoms with Crippen LogP contribution in [0.5, 0.6) is 0 Å². The van der Waals surface area contributed by atoms with Crippen molar-refractivity contribution in [1.82, 2.24) is 0 Å². The number of quaternary nitrogens is 1. The van der Waals surface area contributed by atoms with Crippen molar-refractivity contribution in [3.8, 4) is 0 Å². The standard InChI is InChI=1S/C56H100NO7P/c1-6-8-10-12-14-16-18-20-22-24-26-28-29-30-31-33-35-37-39-41-43-45-47-49-56(58)64-55(54-63-65(59,60)62-52-50-57(3,4)5)53-61-51-48-46-44-42-40-38-36-34-32-27-25-23-21-19-17-15-13-11-9-7-2/h9,11,15,17,21,23-24,26-27,32,36,38,42,44,55H,6-8,10,12-14,16,18-20,22,25,28-31,33-35,37,39-41,43,45-54H2,1-5H3/p+1/b11-9-,17-15-,23-21-,26-24-,32-27-,38-36-,44-42-. The van der Waals surface area contributed by atoms with E-state index in [9.17, 15) is 14.3 Å². The van der Waals surface area contributed by atoms with Crippen molar-refractivity contribution in [2.24, 2.45) is 0 Å². The molecular formula is C56H101NO7P+. The second-order valence-electron chi connectivity index (χ2n) is 18.5. The molecule has 0 aromatic rings. The van der Waals surface area contributed by atoms with Gasteiger partial charge in [0.25, 0.3) is 0 Å². The molecule has 0 aromatic carbocycles. The third-order valence-corrected chi connectivity index (χ3v) is 11.9. The van der Waals surface area contributed by atoms with Gasteiger partial charge in [-0.05, 0) is 83.5 Å². The van der Waals surface area contributed by atoms with Gasteiger partial charge in [0.05, 0.1) is 34.4 Å². The number of hydrogen-bond donors (Lipinski definition) is 1. The molecule has 0 aliphatic rings. The summed E-state index contributed by atoms with van der Waals surface area (Å²) in [5.41, 5.74) is 0. The predicted octanol–water partition coefficient (Wildman–Crippen LogP) is 16.4. The molecular weight excluding hydrogens is 830 g/mol. The highest BCUT2D eigenvalue weighted by Crippen LogP contribution is 2.43. The molecule has 376 valence electrons. The molecule has 2 atom stereocenters. The van der Waals surface area contributed by atoms with Gasteiger partial charge in [0, 0.05) is 13.0 Å². The summed E-state index contributed by atoms with van der Waals surface area (Å²) >= 11 is 0. The first-order valence-corrected chi connectivity index (χ1v) is 27.8. The highest BCUT2D eigenvalue weighted by Gasteiger charge is 2.26. The minimum absolute atomic E-state index is 0.0738. The predicted molar refractivity (Wildman–Crippen MR) is 279 cm³/mol. The van der Waals surface area contributed by atoms with Gasteiger partial charge < -0.3 is 18.9 Å². The fourth-order valence-electron chi connectivity index (χ4n) is 6.92. The number of nitrogens with zero attached hydrogens (tertiary/aromatic N) is 1. The van der Waals surface area contributed by atoms with Crippen molar-refractivity contribution in [3.05, 3.63) is 85.1 Å². The van der Waals surface area contributed by atoms with Crippen molar-refractivity contribution in [2.45, 2.75) is 213 Å². The quantitative estimate of drug-likeness (QED) is 0.0214. The van der Waals surface area contributed by atoms with Gasteiger partial charge >= 0.3 is 13.8 Å². The van der Waals surface area contributed by atoms with Gasteiger partial charge in [0.1, 0.15) is 19.3 Å². The molecule has 0 spiro atoms. The van der Waals surface area contributed by atoms with Crippen LogP contribution in [0.4, 0.5) is 0 Å². The lowest BCUT2D eigenvalue weighted by Gasteiger charge is -2.24. The lowest BCUT2D eigenvalue weighted by atomic mass is 10.0. The van der Waals surface area contributed by atoms with Crippen LogP contribution in [-0.2, 0) is 27.9 Å². The monoisotopic (exact) mass is 931 g/mol. The third-order valence-electron chi connectivity index (χ3n) is 10.9. The van der Waals surface area contributed by atoms with E-state index in [4.69, 9.17) is 18.5 Å². The number of ether oxygens (including phenoxy) is 2. The van der Waals surface area contributed by atoms with Crippen molar-refractivity contribution in [2.75, 3.05) is 54.1 Å². The summed E-state index contributed by atoms with van der Waals surface area (Å²) in [5, 5.41) is 0. The minimum Gasteiger partial charge on any atom is -0.457 e. The number of allylic oxidation sites excluding steroid dienone is 14. The van der Waals surface area contributed by atoms with Crippen LogP contribution in [0.1, 0.15) is 206 Å². The summed E-state index contributed by atoms with van der Waals surface area (Å²) in [5.74, 6) is -0.335. The zero-order valence-corrected chi connectivity index (χ0v) is 43.6. The fourth-order valence-corrected chi connectivity index (χ4v) is 7.66. The zero-order chi connectivity index (χ0) is 47.6. The van der Waals surface area contributed by atoms with Crippen LogP contribution >= 0.6 is 7.82 Å². The second kappa shape index (κ2) is 48.1. The van der Waals surface area contributed by atoms with E-state index in [1.165, 1.54) is 116 Å². The number of rotatable bonds is 48. The van der Waals surface area contributed by atoms with Crippen LogP contribution in [0.3, 0.4) is 0 Å². The summed E-state index contributed by atoms with van der Waals surface area (Å²) in [6, 6.07) is 0. The van der Waals surface area contributed by atoms with Crippen molar-refractivity contribution < 1.29 is 37.3 Å². The number of carbonyl (C=O) groups is 1. The largest absolute Gasteiger partial charge is 0.472 e. The fraction of sp³-hybridized carbons (Fsp3) is 0.732. The van der Waals surface area contributed by atoms with E-state index in [0.717, 1.165) is 70.6 Å². The number of phosphoric acid groups is 1. The Morgan fingerprint density at radius 3 is 1.35 bits per heavy atom. The van der Waals surface area contributed by atoms with Gasteiger partial charge in [-0.1, -0.05) is 202 Å². The molecule has 1 N–H and O–H groups in total. The van der Waals surface area contributed by atoms with Crippen LogP contribution in [0, 0.1) is 0 Å². The summed E-state index contributed by atoms with van der Waals surface area (Å²) in [7, 11) is 1.62. The van der Waals surface area contributed by atoms with E-state index in [2.05, 4.69) is 98.9 Å². The SMILES string of the molecule is CC/C=C\C/C=C\C/C=C\C/C=C\C/C=C\C/C=C\CCCOCC(COP(=O)(O)OCC[N+](C)(C)C)OC(=O)CCCCCCCCCCCCC/C=C\CCCCCCCCCC. The molecule has 65 heavy (non-hydrogen) atoms. The van der Waals surface area contributed by atoms with Crippen LogP contribution in [0.15, 0.2) is 85.1 Å². The summed E-state index contributed by atoms with van der Waals surface area (Å²) in [4.78, 5) is 23.0. The molecule has 0 rings (SSSR count). The Morgan fingerprint density at radius 1 is 0.492 bits per heavy atom. The van der Waals surface area contributed by atoms with E-state index < -0.39 is 13.9 Å². The number of phosphoric ester groups is 1. The van der Waals surface area contributed by atoms with E-state index >= 15 is 0 Å². The lowest BCUT2D eigenvalue weighted by Crippen LogP contribution is -2.37. The molecule has 9 heteroatoms. The first-order valence-electron chi connectivity index (χ1n) is 26.3. The molecule has 0 radical (unpaired) electrons. The van der Waals surface area contributed by atoms with E-state index in [0.29, 0.717) is 24.1 Å². The number of unbranched alkanes of at least 4 members (excludes halogenated alkanes) is 20. The maximum absolute atomic E-state index is 12.8. The van der Waals surface area contributed by atoms with Crippen molar-refractivity contribution in [3.63, 3.8) is 0 Å². The summed E-state index contributed by atoms with van der Waals surface area (Å²) in [6.07, 6.45) is 65.1. The Bertz CT molecular complexity index is 1310. The normalized spacial score (nSPS) is 14.2. The van der Waals surface area contributed by atoms with Crippen molar-refractivity contribution in [1.29, 1.82) is 0 Å². The Labute approximate surface area is 401 Å². The second-order valence-corrected chi connectivity index (χ2v) is 20.0. The van der Waals surface area contributed by atoms with Gasteiger partial charge in [-0.3, -0.25) is 13.8 Å². The average Bonchev–Trinajstić information content (AvgIpc) is 3.27. The number of esters is 1. The maximum Gasteiger partial charge on any atom is 0.472 e. The van der Waals surface area contributed by atoms with Gasteiger partial charge in [-0.2, -0.15) is 0 Å². The molecule has 2 unspecified atom stereocenters. The zero-order valence-electron chi connectivity index (χ0n) is 42.7. The molecule has 8 nitrogen and oxygen atoms in total. The summed E-state index contributed by atoms with van der Waals surface area (Å²) in [6.45, 7) is 5.35.